The number of hydrogen-bond donors (Lipinski definition) is 1. The summed E-state index contributed by atoms with van der Waals surface area (Å²) in [6.07, 6.45) is 0. The molecule has 0 aliphatic rings. The van der Waals surface area contributed by atoms with Crippen LogP contribution in [0.3, 0.4) is 0 Å². The predicted molar refractivity (Wildman–Crippen MR) is 115 cm³/mol. The van der Waals surface area contributed by atoms with E-state index in [2.05, 4.69) is 5.32 Å². The van der Waals surface area contributed by atoms with Crippen molar-refractivity contribution in [1.29, 1.82) is 0 Å². The summed E-state index contributed by atoms with van der Waals surface area (Å²) in [7, 11) is 0. The average molecular weight is 420 g/mol. The maximum absolute atomic E-state index is 12.0. The van der Waals surface area contributed by atoms with Crippen LogP contribution in [0.15, 0.2) is 60.7 Å². The fourth-order valence-corrected chi connectivity index (χ4v) is 3.72. The van der Waals surface area contributed by atoms with Gasteiger partial charge in [0.05, 0.1) is 10.0 Å². The molecule has 0 aliphatic carbocycles. The summed E-state index contributed by atoms with van der Waals surface area (Å²) in [4.78, 5) is 12.0. The molecule has 0 spiro atoms. The van der Waals surface area contributed by atoms with Crippen molar-refractivity contribution >= 4 is 51.6 Å². The molecular weight excluding hydrogens is 401 g/mol. The molecule has 0 unspecified atom stereocenters. The summed E-state index contributed by atoms with van der Waals surface area (Å²) in [5.41, 5.74) is 1.11. The van der Waals surface area contributed by atoms with E-state index in [1.165, 1.54) is 0 Å². The molecule has 0 atom stereocenters. The number of halogens is 2. The fraction of sp³-hybridized carbons (Fsp3) is 0.190. The highest BCUT2D eigenvalue weighted by Crippen LogP contribution is 2.25. The summed E-state index contributed by atoms with van der Waals surface area (Å²) in [5.74, 6) is 2.22. The summed E-state index contributed by atoms with van der Waals surface area (Å²) >= 11 is 13.6. The van der Waals surface area contributed by atoms with Crippen LogP contribution in [-0.4, -0.2) is 24.8 Å². The minimum absolute atomic E-state index is 0.00542. The van der Waals surface area contributed by atoms with Gasteiger partial charge in [-0.1, -0.05) is 65.7 Å². The monoisotopic (exact) mass is 419 g/mol. The highest BCUT2D eigenvalue weighted by atomic mass is 35.5. The number of amides is 1. The molecule has 0 aromatic heterocycles. The van der Waals surface area contributed by atoms with Crippen molar-refractivity contribution in [3.63, 3.8) is 0 Å². The van der Waals surface area contributed by atoms with Crippen LogP contribution in [0.4, 0.5) is 0 Å². The topological polar surface area (TPSA) is 38.3 Å². The zero-order valence-corrected chi connectivity index (χ0v) is 16.9. The molecule has 0 saturated heterocycles. The van der Waals surface area contributed by atoms with E-state index in [9.17, 15) is 4.79 Å². The van der Waals surface area contributed by atoms with E-state index in [0.29, 0.717) is 16.6 Å². The number of carbonyl (C=O) groups excluding carboxylic acids is 1. The first-order valence-electron chi connectivity index (χ1n) is 8.52. The number of ether oxygens (including phenoxy) is 1. The third kappa shape index (κ3) is 5.80. The van der Waals surface area contributed by atoms with Crippen LogP contribution in [0, 0.1) is 0 Å². The van der Waals surface area contributed by atoms with E-state index in [0.717, 1.165) is 33.6 Å². The number of benzene rings is 3. The second kappa shape index (κ2) is 9.88. The quantitative estimate of drug-likeness (QED) is 0.484. The normalized spacial score (nSPS) is 10.7. The number of hydrogen-bond acceptors (Lipinski definition) is 3. The van der Waals surface area contributed by atoms with Gasteiger partial charge in [-0.3, -0.25) is 4.79 Å². The van der Waals surface area contributed by atoms with Gasteiger partial charge >= 0.3 is 0 Å². The summed E-state index contributed by atoms with van der Waals surface area (Å²) in [6.45, 7) is 0.592. The van der Waals surface area contributed by atoms with Crippen LogP contribution in [0.5, 0.6) is 5.75 Å². The first-order valence-corrected chi connectivity index (χ1v) is 10.4. The highest BCUT2D eigenvalue weighted by Gasteiger charge is 2.05. The van der Waals surface area contributed by atoms with Gasteiger partial charge in [-0.2, -0.15) is 11.8 Å². The third-order valence-corrected chi connectivity index (χ3v) is 5.70. The van der Waals surface area contributed by atoms with Crippen molar-refractivity contribution in [1.82, 2.24) is 5.32 Å². The minimum Gasteiger partial charge on any atom is -0.483 e. The van der Waals surface area contributed by atoms with E-state index in [4.69, 9.17) is 27.9 Å². The van der Waals surface area contributed by atoms with Gasteiger partial charge in [-0.15, -0.1) is 0 Å². The lowest BCUT2D eigenvalue weighted by Gasteiger charge is -2.10. The van der Waals surface area contributed by atoms with Gasteiger partial charge < -0.3 is 10.1 Å². The fourth-order valence-electron chi connectivity index (χ4n) is 2.60. The lowest BCUT2D eigenvalue weighted by atomic mass is 10.1. The molecule has 0 bridgehead atoms. The Bertz CT molecular complexity index is 928. The Balaban J connectivity index is 1.38. The first-order chi connectivity index (χ1) is 13.1. The molecule has 3 aromatic carbocycles. The number of nitrogens with one attached hydrogen (secondary N) is 1. The van der Waals surface area contributed by atoms with Crippen molar-refractivity contribution < 1.29 is 9.53 Å². The van der Waals surface area contributed by atoms with Crippen LogP contribution in [-0.2, 0) is 10.5 Å². The number of thioether (sulfide) groups is 1. The van der Waals surface area contributed by atoms with Gasteiger partial charge in [0.25, 0.3) is 5.91 Å². The van der Waals surface area contributed by atoms with Crippen molar-refractivity contribution in [2.75, 3.05) is 18.9 Å². The van der Waals surface area contributed by atoms with Gasteiger partial charge in [0.2, 0.25) is 0 Å². The lowest BCUT2D eigenvalue weighted by Crippen LogP contribution is -2.30. The van der Waals surface area contributed by atoms with Crippen molar-refractivity contribution in [2.45, 2.75) is 5.75 Å². The molecule has 0 aliphatic heterocycles. The maximum atomic E-state index is 12.0. The van der Waals surface area contributed by atoms with Crippen molar-refractivity contribution in [3.05, 3.63) is 76.3 Å². The van der Waals surface area contributed by atoms with Gasteiger partial charge in [-0.05, 0) is 29.1 Å². The van der Waals surface area contributed by atoms with Gasteiger partial charge in [0.1, 0.15) is 5.75 Å². The summed E-state index contributed by atoms with van der Waals surface area (Å²) < 4.78 is 5.69. The Hall–Kier alpha value is -1.88. The van der Waals surface area contributed by atoms with Crippen molar-refractivity contribution in [2.24, 2.45) is 0 Å². The molecule has 27 heavy (non-hydrogen) atoms. The minimum atomic E-state index is -0.127. The molecule has 0 saturated carbocycles. The standard InChI is InChI=1S/C21H19Cl2NO2S/c22-18-9-8-15(12-19(18)23)14-27-11-10-24-21(25)13-26-20-7-3-5-16-4-1-2-6-17(16)20/h1-9,12H,10-11,13-14H2,(H,24,25). The zero-order chi connectivity index (χ0) is 19.1. The molecule has 3 nitrogen and oxygen atoms in total. The van der Waals surface area contributed by atoms with Crippen LogP contribution in [0.25, 0.3) is 10.8 Å². The second-order valence-corrected chi connectivity index (χ2v) is 7.84. The Morgan fingerprint density at radius 2 is 1.81 bits per heavy atom. The van der Waals surface area contributed by atoms with E-state index >= 15 is 0 Å². The van der Waals surface area contributed by atoms with Crippen molar-refractivity contribution in [3.8, 4) is 5.75 Å². The Morgan fingerprint density at radius 1 is 1.00 bits per heavy atom. The number of carbonyl (C=O) groups is 1. The molecule has 3 rings (SSSR count). The Labute approximate surface area is 173 Å². The van der Waals surface area contributed by atoms with Crippen LogP contribution in [0.1, 0.15) is 5.56 Å². The number of fused-ring (bicyclic) bond motifs is 1. The Kier molecular flexibility index (Phi) is 7.27. The molecule has 6 heteroatoms. The average Bonchev–Trinajstić information content (AvgIpc) is 2.68. The molecule has 0 heterocycles. The second-order valence-electron chi connectivity index (χ2n) is 5.92. The van der Waals surface area contributed by atoms with E-state index in [-0.39, 0.29) is 12.5 Å². The molecule has 1 N–H and O–H groups in total. The first kappa shape index (κ1) is 19.9. The maximum Gasteiger partial charge on any atom is 0.257 e. The lowest BCUT2D eigenvalue weighted by molar-refractivity contribution is -0.122. The van der Waals surface area contributed by atoms with Crippen LogP contribution in [0.2, 0.25) is 10.0 Å². The highest BCUT2D eigenvalue weighted by molar-refractivity contribution is 7.98. The van der Waals surface area contributed by atoms with E-state index in [1.807, 2.05) is 54.6 Å². The molecule has 1 amide bonds. The van der Waals surface area contributed by atoms with Crippen LogP contribution < -0.4 is 10.1 Å². The van der Waals surface area contributed by atoms with E-state index < -0.39 is 0 Å². The van der Waals surface area contributed by atoms with Gasteiger partial charge in [0, 0.05) is 23.4 Å². The van der Waals surface area contributed by atoms with Crippen LogP contribution >= 0.6 is 35.0 Å². The SMILES string of the molecule is O=C(COc1cccc2ccccc12)NCCSCc1ccc(Cl)c(Cl)c1. The molecule has 3 aromatic rings. The van der Waals surface area contributed by atoms with Gasteiger partial charge in [-0.25, -0.2) is 0 Å². The molecule has 140 valence electrons. The zero-order valence-electron chi connectivity index (χ0n) is 14.6. The predicted octanol–water partition coefficient (Wildman–Crippen LogP) is 5.58. The summed E-state index contributed by atoms with van der Waals surface area (Å²) in [6, 6.07) is 19.4. The largest absolute Gasteiger partial charge is 0.483 e. The van der Waals surface area contributed by atoms with E-state index in [1.54, 1.807) is 17.8 Å². The number of rotatable bonds is 8. The molecule has 0 radical (unpaired) electrons. The smallest absolute Gasteiger partial charge is 0.257 e. The van der Waals surface area contributed by atoms with Gasteiger partial charge in [0.15, 0.2) is 6.61 Å². The third-order valence-electron chi connectivity index (χ3n) is 3.93. The molecule has 0 fully saturated rings. The summed E-state index contributed by atoms with van der Waals surface area (Å²) in [5, 5.41) is 6.09. The Morgan fingerprint density at radius 3 is 2.67 bits per heavy atom. The molecular formula is C21H19Cl2NO2S.